The third-order valence-corrected chi connectivity index (χ3v) is 3.58. The topological polar surface area (TPSA) is 52.6 Å². The van der Waals surface area contributed by atoms with E-state index in [2.05, 4.69) is 0 Å². The highest BCUT2D eigenvalue weighted by atomic mass is 35.5. The summed E-state index contributed by atoms with van der Waals surface area (Å²) in [5.74, 6) is 0.199. The van der Waals surface area contributed by atoms with E-state index in [4.69, 9.17) is 21.1 Å². The number of Topliss-reactive ketones (excluding diaryl/α,β-unsaturated/α-hetero) is 1. The number of ketones is 2. The predicted octanol–water partition coefficient (Wildman–Crippen LogP) is 3.69. The zero-order valence-electron chi connectivity index (χ0n) is 11.6. The molecule has 110 valence electrons. The molecule has 0 amide bonds. The Hall–Kier alpha value is -2.59. The van der Waals surface area contributed by atoms with Gasteiger partial charge in [0.05, 0.1) is 12.1 Å². The quantitative estimate of drug-likeness (QED) is 0.867. The summed E-state index contributed by atoms with van der Waals surface area (Å²) < 4.78 is 10.6. The highest BCUT2D eigenvalue weighted by Crippen LogP contribution is 2.31. The van der Waals surface area contributed by atoms with Gasteiger partial charge in [0.15, 0.2) is 11.5 Å². The molecule has 0 saturated carbocycles. The summed E-state index contributed by atoms with van der Waals surface area (Å²) in [6, 6.07) is 11.4. The van der Waals surface area contributed by atoms with Gasteiger partial charge in [-0.25, -0.2) is 0 Å². The minimum Gasteiger partial charge on any atom is -0.497 e. The number of benzene rings is 2. The van der Waals surface area contributed by atoms with Crippen LogP contribution in [0.5, 0.6) is 11.5 Å². The summed E-state index contributed by atoms with van der Waals surface area (Å²) in [5.41, 5.74) is 0.704. The van der Waals surface area contributed by atoms with Crippen LogP contribution in [0.2, 0.25) is 5.02 Å². The number of halogens is 1. The van der Waals surface area contributed by atoms with Crippen molar-refractivity contribution in [2.45, 2.75) is 0 Å². The minimum absolute atomic E-state index is 0.0456. The Bertz CT molecular complexity index is 808. The van der Waals surface area contributed by atoms with Crippen molar-refractivity contribution in [3.63, 3.8) is 0 Å². The van der Waals surface area contributed by atoms with Crippen molar-refractivity contribution in [1.82, 2.24) is 0 Å². The Labute approximate surface area is 131 Å². The van der Waals surface area contributed by atoms with Crippen molar-refractivity contribution in [1.29, 1.82) is 0 Å². The first-order chi connectivity index (χ1) is 10.6. The van der Waals surface area contributed by atoms with Gasteiger partial charge in [-0.05, 0) is 12.1 Å². The molecule has 0 spiro atoms. The first kappa shape index (κ1) is 14.4. The van der Waals surface area contributed by atoms with Crippen LogP contribution in [0, 0.1) is 0 Å². The summed E-state index contributed by atoms with van der Waals surface area (Å²) in [6.45, 7) is 0. The number of ether oxygens (including phenoxy) is 2. The molecule has 0 radical (unpaired) electrons. The number of hydrogen-bond acceptors (Lipinski definition) is 4. The zero-order valence-corrected chi connectivity index (χ0v) is 12.4. The van der Waals surface area contributed by atoms with Gasteiger partial charge in [0, 0.05) is 23.3 Å². The first-order valence-electron chi connectivity index (χ1n) is 6.51. The second-order valence-corrected chi connectivity index (χ2v) is 5.05. The Kier molecular flexibility index (Phi) is 3.69. The average Bonchev–Trinajstić information content (AvgIpc) is 2.54. The molecule has 1 aliphatic rings. The molecule has 0 N–H and O–H groups in total. The molecule has 0 saturated heterocycles. The fraction of sp³-hybridized carbons (Fsp3) is 0.0588. The summed E-state index contributed by atoms with van der Waals surface area (Å²) in [5, 5.41) is 0.291. The Balaban J connectivity index is 1.94. The monoisotopic (exact) mass is 314 g/mol. The van der Waals surface area contributed by atoms with Crippen LogP contribution in [0.25, 0.3) is 0 Å². The van der Waals surface area contributed by atoms with E-state index >= 15 is 0 Å². The molecule has 0 aliphatic heterocycles. The average molecular weight is 315 g/mol. The normalized spacial score (nSPS) is 13.5. The number of hydrogen-bond donors (Lipinski definition) is 0. The predicted molar refractivity (Wildman–Crippen MR) is 81.8 cm³/mol. The van der Waals surface area contributed by atoms with Crippen LogP contribution >= 0.6 is 11.6 Å². The van der Waals surface area contributed by atoms with E-state index in [9.17, 15) is 9.59 Å². The lowest BCUT2D eigenvalue weighted by atomic mass is 9.94. The number of rotatable bonds is 3. The summed E-state index contributed by atoms with van der Waals surface area (Å²) in [7, 11) is 1.52. The molecule has 0 heterocycles. The summed E-state index contributed by atoms with van der Waals surface area (Å²) >= 11 is 6.08. The number of carbonyl (C=O) groups is 2. The molecule has 0 fully saturated rings. The maximum Gasteiger partial charge on any atom is 0.229 e. The van der Waals surface area contributed by atoms with Crippen molar-refractivity contribution in [2.75, 3.05) is 7.11 Å². The Morgan fingerprint density at radius 1 is 1.00 bits per heavy atom. The molecule has 0 aromatic heterocycles. The molecule has 5 heteroatoms. The lowest BCUT2D eigenvalue weighted by molar-refractivity contribution is 0.0947. The van der Waals surface area contributed by atoms with E-state index < -0.39 is 0 Å². The van der Waals surface area contributed by atoms with E-state index in [0.717, 1.165) is 0 Å². The highest BCUT2D eigenvalue weighted by Gasteiger charge is 2.27. The molecule has 4 nitrogen and oxygen atoms in total. The third-order valence-electron chi connectivity index (χ3n) is 3.28. The minimum atomic E-state index is -0.345. The lowest BCUT2D eigenvalue weighted by Gasteiger charge is -2.16. The molecule has 0 bridgehead atoms. The molecule has 2 aromatic carbocycles. The first-order valence-corrected chi connectivity index (χ1v) is 6.89. The van der Waals surface area contributed by atoms with Gasteiger partial charge in [0.1, 0.15) is 11.5 Å². The van der Waals surface area contributed by atoms with E-state index in [0.29, 0.717) is 21.9 Å². The van der Waals surface area contributed by atoms with Crippen LogP contribution in [0.3, 0.4) is 0 Å². The summed E-state index contributed by atoms with van der Waals surface area (Å²) in [4.78, 5) is 24.4. The third kappa shape index (κ3) is 2.49. The number of methoxy groups -OCH3 is 1. The second-order valence-electron chi connectivity index (χ2n) is 4.65. The molecular formula is C17H11ClO4. The van der Waals surface area contributed by atoms with Crippen LogP contribution < -0.4 is 9.47 Å². The largest absolute Gasteiger partial charge is 0.497 e. The van der Waals surface area contributed by atoms with E-state index in [1.54, 1.807) is 42.5 Å². The van der Waals surface area contributed by atoms with Gasteiger partial charge in [0.25, 0.3) is 0 Å². The van der Waals surface area contributed by atoms with Crippen LogP contribution in [-0.4, -0.2) is 18.7 Å². The zero-order chi connectivity index (χ0) is 15.7. The molecule has 0 atom stereocenters. The van der Waals surface area contributed by atoms with Crippen LogP contribution in [0.15, 0.2) is 54.3 Å². The van der Waals surface area contributed by atoms with Crippen LogP contribution in [-0.2, 0) is 0 Å². The fourth-order valence-electron chi connectivity index (χ4n) is 2.18. The van der Waals surface area contributed by atoms with Crippen molar-refractivity contribution in [3.05, 3.63) is 70.4 Å². The molecule has 3 rings (SSSR count). The number of carbonyl (C=O) groups excluding carboxylic acids is 2. The SMILES string of the molecule is COc1ccc(OC2=CC(=O)c3ccccc3C2=O)c(Cl)c1. The van der Waals surface area contributed by atoms with Crippen LogP contribution in [0.1, 0.15) is 20.7 Å². The lowest BCUT2D eigenvalue weighted by Crippen LogP contribution is -2.20. The van der Waals surface area contributed by atoms with Gasteiger partial charge in [-0.2, -0.15) is 0 Å². The summed E-state index contributed by atoms with van der Waals surface area (Å²) in [6.07, 6.45) is 1.19. The molecule has 22 heavy (non-hydrogen) atoms. The standard InChI is InChI=1S/C17H11ClO4/c1-21-10-6-7-15(13(18)8-10)22-16-9-14(19)11-4-2-3-5-12(11)17(16)20/h2-9H,1H3. The van der Waals surface area contributed by atoms with Crippen LogP contribution in [0.4, 0.5) is 0 Å². The molecule has 1 aliphatic carbocycles. The maximum atomic E-state index is 12.4. The Morgan fingerprint density at radius 3 is 2.41 bits per heavy atom. The van der Waals surface area contributed by atoms with Gasteiger partial charge >= 0.3 is 0 Å². The van der Waals surface area contributed by atoms with Gasteiger partial charge < -0.3 is 9.47 Å². The van der Waals surface area contributed by atoms with Gasteiger partial charge in [-0.15, -0.1) is 0 Å². The molecule has 0 unspecified atom stereocenters. The van der Waals surface area contributed by atoms with E-state index in [1.165, 1.54) is 13.2 Å². The van der Waals surface area contributed by atoms with Crippen molar-refractivity contribution < 1.29 is 19.1 Å². The number of fused-ring (bicyclic) bond motifs is 1. The number of allylic oxidation sites excluding steroid dienone is 2. The molecule has 2 aromatic rings. The van der Waals surface area contributed by atoms with Gasteiger partial charge in [-0.1, -0.05) is 35.9 Å². The molecular weight excluding hydrogens is 304 g/mol. The van der Waals surface area contributed by atoms with Crippen molar-refractivity contribution >= 4 is 23.2 Å². The fourth-order valence-corrected chi connectivity index (χ4v) is 2.39. The van der Waals surface area contributed by atoms with Gasteiger partial charge in [0.2, 0.25) is 5.78 Å². The second kappa shape index (κ2) is 5.66. The highest BCUT2D eigenvalue weighted by molar-refractivity contribution is 6.32. The van der Waals surface area contributed by atoms with Crippen molar-refractivity contribution in [3.8, 4) is 11.5 Å². The van der Waals surface area contributed by atoms with E-state index in [-0.39, 0.29) is 23.1 Å². The maximum absolute atomic E-state index is 12.4. The smallest absolute Gasteiger partial charge is 0.229 e. The van der Waals surface area contributed by atoms with Crippen molar-refractivity contribution in [2.24, 2.45) is 0 Å². The van der Waals surface area contributed by atoms with E-state index in [1.807, 2.05) is 0 Å². The van der Waals surface area contributed by atoms with Gasteiger partial charge in [-0.3, -0.25) is 9.59 Å². The Morgan fingerprint density at radius 2 is 1.73 bits per heavy atom.